The third-order valence-corrected chi connectivity index (χ3v) is 4.65. The Hall–Kier alpha value is -2.48. The molecule has 0 saturated carbocycles. The van der Waals surface area contributed by atoms with Crippen molar-refractivity contribution in [3.63, 3.8) is 0 Å². The highest BCUT2D eigenvalue weighted by molar-refractivity contribution is 7.82. The van der Waals surface area contributed by atoms with E-state index in [4.69, 9.17) is 27.9 Å². The second kappa shape index (κ2) is 8.94. The third kappa shape index (κ3) is 5.03. The minimum atomic E-state index is -0.444. The first-order chi connectivity index (χ1) is 13.0. The summed E-state index contributed by atoms with van der Waals surface area (Å²) in [7, 11) is 0. The van der Waals surface area contributed by atoms with E-state index in [2.05, 4.69) is 28.1 Å². The Morgan fingerprint density at radius 3 is 2.63 bits per heavy atom. The van der Waals surface area contributed by atoms with Crippen molar-refractivity contribution in [2.24, 2.45) is 0 Å². The van der Waals surface area contributed by atoms with Gasteiger partial charge in [0, 0.05) is 18.9 Å². The van der Waals surface area contributed by atoms with Gasteiger partial charge in [-0.05, 0) is 35.9 Å². The molecular weight excluding hydrogens is 407 g/mol. The van der Waals surface area contributed by atoms with Gasteiger partial charge < -0.3 is 10.1 Å². The monoisotopic (exact) mass is 420 g/mol. The maximum Gasteiger partial charge on any atom is 0.332 e. The molecule has 0 aliphatic carbocycles. The average molecular weight is 421 g/mol. The molecule has 0 spiro atoms. The molecule has 0 atom stereocenters. The molecule has 0 saturated heterocycles. The number of hydrogen-bond donors (Lipinski definition) is 2. The normalized spacial score (nSPS) is 10.3. The van der Waals surface area contributed by atoms with Crippen LogP contribution in [0.4, 0.5) is 10.5 Å². The summed E-state index contributed by atoms with van der Waals surface area (Å²) in [5.41, 5.74) is 1.22. The molecule has 0 aliphatic heterocycles. The number of carbonyl (C=O) groups excluding carboxylic acids is 1. The number of halogens is 2. The summed E-state index contributed by atoms with van der Waals surface area (Å²) in [6, 6.07) is 13.7. The molecule has 2 aromatic carbocycles. The molecule has 3 rings (SSSR count). The second-order valence-corrected chi connectivity index (χ2v) is 6.51. The van der Waals surface area contributed by atoms with Crippen LogP contribution in [0.3, 0.4) is 0 Å². The molecule has 3 aromatic rings. The molecule has 1 heterocycles. The van der Waals surface area contributed by atoms with Crippen LogP contribution in [0.2, 0.25) is 10.0 Å². The van der Waals surface area contributed by atoms with Crippen LogP contribution < -0.4 is 14.4 Å². The minimum absolute atomic E-state index is 0.246. The van der Waals surface area contributed by atoms with Crippen LogP contribution in [-0.2, 0) is 6.54 Å². The molecule has 6 nitrogen and oxygen atoms in total. The Bertz CT molecular complexity index is 944. The van der Waals surface area contributed by atoms with Crippen molar-refractivity contribution >= 4 is 47.7 Å². The Kier molecular flexibility index (Phi) is 6.39. The first kappa shape index (κ1) is 19.3. The molecule has 0 bridgehead atoms. The number of benzene rings is 2. The Labute approximate surface area is 171 Å². The zero-order valence-electron chi connectivity index (χ0n) is 13.8. The number of amides is 2. The summed E-state index contributed by atoms with van der Waals surface area (Å²) in [6.07, 6.45) is 3.18. The lowest BCUT2D eigenvalue weighted by Crippen LogP contribution is -2.33. The van der Waals surface area contributed by atoms with Crippen molar-refractivity contribution in [3.05, 3.63) is 76.5 Å². The van der Waals surface area contributed by atoms with Crippen LogP contribution in [0, 0.1) is 0 Å². The molecular formula is C18H14Cl2N4O2S. The van der Waals surface area contributed by atoms with Crippen molar-refractivity contribution in [2.45, 2.75) is 6.54 Å². The number of hydrogen-bond acceptors (Lipinski definition) is 5. The van der Waals surface area contributed by atoms with E-state index >= 15 is 0 Å². The first-order valence-corrected chi connectivity index (χ1v) is 8.95. The van der Waals surface area contributed by atoms with Crippen LogP contribution in [0.15, 0.2) is 60.9 Å². The molecule has 1 N–H and O–H groups in total. The van der Waals surface area contributed by atoms with Gasteiger partial charge >= 0.3 is 12.0 Å². The van der Waals surface area contributed by atoms with Gasteiger partial charge in [-0.1, -0.05) is 54.2 Å². The second-order valence-electron chi connectivity index (χ2n) is 5.32. The molecule has 27 heavy (non-hydrogen) atoms. The average Bonchev–Trinajstić information content (AvgIpc) is 2.69. The van der Waals surface area contributed by atoms with E-state index in [1.807, 2.05) is 12.1 Å². The molecule has 0 aliphatic rings. The molecule has 0 radical (unpaired) electrons. The van der Waals surface area contributed by atoms with Gasteiger partial charge in [-0.25, -0.2) is 19.1 Å². The highest BCUT2D eigenvalue weighted by atomic mass is 35.5. The highest BCUT2D eigenvalue weighted by Crippen LogP contribution is 2.33. The predicted octanol–water partition coefficient (Wildman–Crippen LogP) is 5.14. The zero-order chi connectivity index (χ0) is 19.2. The SMILES string of the molecule is O=C(NCc1cccc(Oc2ncccn2)c1)N(S)c1cccc(Cl)c1Cl. The van der Waals surface area contributed by atoms with Crippen molar-refractivity contribution in [1.82, 2.24) is 15.3 Å². The number of aromatic nitrogens is 2. The van der Waals surface area contributed by atoms with Crippen molar-refractivity contribution in [1.29, 1.82) is 0 Å². The molecule has 0 fully saturated rings. The summed E-state index contributed by atoms with van der Waals surface area (Å²) >= 11 is 16.3. The largest absolute Gasteiger partial charge is 0.424 e. The fourth-order valence-corrected chi connectivity index (χ4v) is 2.86. The van der Waals surface area contributed by atoms with Crippen LogP contribution >= 0.6 is 36.0 Å². The molecule has 138 valence electrons. The van der Waals surface area contributed by atoms with Gasteiger partial charge in [0.05, 0.1) is 15.7 Å². The van der Waals surface area contributed by atoms with Crippen molar-refractivity contribution < 1.29 is 9.53 Å². The molecule has 2 amide bonds. The number of carbonyl (C=O) groups is 1. The van der Waals surface area contributed by atoms with Gasteiger partial charge in [-0.15, -0.1) is 0 Å². The van der Waals surface area contributed by atoms with Gasteiger partial charge in [0.1, 0.15) is 5.75 Å². The van der Waals surface area contributed by atoms with Gasteiger partial charge in [0.2, 0.25) is 0 Å². The van der Waals surface area contributed by atoms with E-state index in [0.717, 1.165) is 9.87 Å². The van der Waals surface area contributed by atoms with E-state index in [1.54, 1.807) is 48.8 Å². The van der Waals surface area contributed by atoms with E-state index in [9.17, 15) is 4.79 Å². The Morgan fingerprint density at radius 2 is 1.85 bits per heavy atom. The quantitative estimate of drug-likeness (QED) is 0.560. The van der Waals surface area contributed by atoms with E-state index in [-0.39, 0.29) is 17.6 Å². The smallest absolute Gasteiger partial charge is 0.332 e. The van der Waals surface area contributed by atoms with Crippen LogP contribution in [-0.4, -0.2) is 16.0 Å². The number of thiol groups is 1. The maximum absolute atomic E-state index is 12.3. The van der Waals surface area contributed by atoms with E-state index < -0.39 is 6.03 Å². The standard InChI is InChI=1S/C18H14Cl2N4O2S/c19-14-6-2-7-15(16(14)20)24(27)18(25)23-11-12-4-1-5-13(10-12)26-17-21-8-3-9-22-17/h1-10,27H,11H2,(H,23,25). The predicted molar refractivity (Wildman–Crippen MR) is 109 cm³/mol. The summed E-state index contributed by atoms with van der Waals surface area (Å²) < 4.78 is 6.68. The van der Waals surface area contributed by atoms with Crippen LogP contribution in [0.1, 0.15) is 5.56 Å². The van der Waals surface area contributed by atoms with Crippen LogP contribution in [0.25, 0.3) is 0 Å². The van der Waals surface area contributed by atoms with Gasteiger partial charge in [0.15, 0.2) is 0 Å². The first-order valence-electron chi connectivity index (χ1n) is 7.79. The summed E-state index contributed by atoms with van der Waals surface area (Å²) in [5.74, 6) is 0.563. The lowest BCUT2D eigenvalue weighted by Gasteiger charge is -2.18. The molecule has 9 heteroatoms. The number of anilines is 1. The lowest BCUT2D eigenvalue weighted by molar-refractivity contribution is 0.249. The number of nitrogens with zero attached hydrogens (tertiary/aromatic N) is 3. The minimum Gasteiger partial charge on any atom is -0.424 e. The molecule has 0 unspecified atom stereocenters. The molecule has 1 aromatic heterocycles. The summed E-state index contributed by atoms with van der Waals surface area (Å²) in [5, 5.41) is 3.35. The fraction of sp³-hybridized carbons (Fsp3) is 0.0556. The van der Waals surface area contributed by atoms with Crippen molar-refractivity contribution in [2.75, 3.05) is 4.31 Å². The number of ether oxygens (including phenoxy) is 1. The Morgan fingerprint density at radius 1 is 1.11 bits per heavy atom. The third-order valence-electron chi connectivity index (χ3n) is 3.45. The zero-order valence-corrected chi connectivity index (χ0v) is 16.2. The lowest BCUT2D eigenvalue weighted by atomic mass is 10.2. The number of rotatable bonds is 5. The summed E-state index contributed by atoms with van der Waals surface area (Å²) in [4.78, 5) is 20.4. The number of nitrogens with one attached hydrogen (secondary N) is 1. The number of urea groups is 1. The van der Waals surface area contributed by atoms with Gasteiger partial charge in [0.25, 0.3) is 0 Å². The highest BCUT2D eigenvalue weighted by Gasteiger charge is 2.16. The topological polar surface area (TPSA) is 67.3 Å². The fourth-order valence-electron chi connectivity index (χ4n) is 2.18. The Balaban J connectivity index is 1.63. The van der Waals surface area contributed by atoms with E-state index in [0.29, 0.717) is 16.5 Å². The summed E-state index contributed by atoms with van der Waals surface area (Å²) in [6.45, 7) is 0.265. The van der Waals surface area contributed by atoms with Crippen molar-refractivity contribution in [3.8, 4) is 11.8 Å². The maximum atomic E-state index is 12.3. The van der Waals surface area contributed by atoms with Crippen LogP contribution in [0.5, 0.6) is 11.8 Å². The van der Waals surface area contributed by atoms with Gasteiger partial charge in [-0.2, -0.15) is 0 Å². The van der Waals surface area contributed by atoms with E-state index in [1.165, 1.54) is 0 Å². The van der Waals surface area contributed by atoms with Gasteiger partial charge in [-0.3, -0.25) is 0 Å².